The topological polar surface area (TPSA) is 0 Å². The second-order valence-corrected chi connectivity index (χ2v) is 3.59. The minimum absolute atomic E-state index is 0.418. The average Bonchev–Trinajstić information content (AvgIpc) is 2.27. The number of fused-ring (bicyclic) bond motifs is 1. The standard InChI is InChI=1S/C14H14/c1-3-11(2)13-10-6-8-12-7-4-5-9-14(12)13/h3-11H,1H2,2H3/t11-/m1/s1. The smallest absolute Gasteiger partial charge is 0.000697 e. The Bertz CT molecular complexity index is 449. The first kappa shape index (κ1) is 9.01. The molecule has 0 aliphatic heterocycles. The van der Waals surface area contributed by atoms with E-state index in [4.69, 9.17) is 0 Å². The van der Waals surface area contributed by atoms with E-state index in [1.165, 1.54) is 16.3 Å². The molecule has 2 aromatic rings. The van der Waals surface area contributed by atoms with Crippen LogP contribution in [0, 0.1) is 0 Å². The third kappa shape index (κ3) is 1.44. The predicted molar refractivity (Wildman–Crippen MR) is 62.6 cm³/mol. The molecule has 0 spiro atoms. The van der Waals surface area contributed by atoms with E-state index in [9.17, 15) is 0 Å². The molecule has 0 aromatic heterocycles. The fraction of sp³-hybridized carbons (Fsp3) is 0.143. The van der Waals surface area contributed by atoms with E-state index in [1.54, 1.807) is 0 Å². The van der Waals surface area contributed by atoms with Gasteiger partial charge in [-0.25, -0.2) is 0 Å². The van der Waals surface area contributed by atoms with Gasteiger partial charge in [-0.15, -0.1) is 6.58 Å². The molecular formula is C14H14. The molecule has 0 aliphatic rings. The van der Waals surface area contributed by atoms with E-state index in [0.717, 1.165) is 0 Å². The van der Waals surface area contributed by atoms with E-state index < -0.39 is 0 Å². The zero-order valence-electron chi connectivity index (χ0n) is 8.40. The van der Waals surface area contributed by atoms with Crippen LogP contribution in [0.3, 0.4) is 0 Å². The molecule has 0 unspecified atom stereocenters. The fourth-order valence-corrected chi connectivity index (χ4v) is 1.77. The van der Waals surface area contributed by atoms with Gasteiger partial charge in [0.05, 0.1) is 0 Å². The lowest BCUT2D eigenvalue weighted by molar-refractivity contribution is 0.984. The normalized spacial score (nSPS) is 12.6. The van der Waals surface area contributed by atoms with Crippen LogP contribution in [0.15, 0.2) is 55.1 Å². The zero-order chi connectivity index (χ0) is 9.97. The minimum atomic E-state index is 0.418. The van der Waals surface area contributed by atoms with Crippen molar-refractivity contribution < 1.29 is 0 Å². The summed E-state index contributed by atoms with van der Waals surface area (Å²) >= 11 is 0. The van der Waals surface area contributed by atoms with Gasteiger partial charge in [-0.2, -0.15) is 0 Å². The Labute approximate surface area is 84.9 Å². The first-order chi connectivity index (χ1) is 6.83. The van der Waals surface area contributed by atoms with Gasteiger partial charge in [0.1, 0.15) is 0 Å². The molecule has 0 aliphatic carbocycles. The van der Waals surface area contributed by atoms with E-state index in [1.807, 2.05) is 6.08 Å². The summed E-state index contributed by atoms with van der Waals surface area (Å²) in [5, 5.41) is 2.64. The summed E-state index contributed by atoms with van der Waals surface area (Å²) in [7, 11) is 0. The molecule has 2 rings (SSSR count). The van der Waals surface area contributed by atoms with Crippen molar-refractivity contribution in [3.63, 3.8) is 0 Å². The molecular weight excluding hydrogens is 168 g/mol. The maximum atomic E-state index is 3.84. The monoisotopic (exact) mass is 182 g/mol. The number of hydrogen-bond acceptors (Lipinski definition) is 0. The largest absolute Gasteiger partial charge is 0.102 e. The second kappa shape index (κ2) is 3.67. The summed E-state index contributed by atoms with van der Waals surface area (Å²) in [6, 6.07) is 14.9. The highest BCUT2D eigenvalue weighted by molar-refractivity contribution is 5.86. The molecule has 70 valence electrons. The van der Waals surface area contributed by atoms with Crippen LogP contribution in [0.2, 0.25) is 0 Å². The minimum Gasteiger partial charge on any atom is -0.102 e. The Kier molecular flexibility index (Phi) is 2.36. The molecule has 0 heterocycles. The fourth-order valence-electron chi connectivity index (χ4n) is 1.77. The number of benzene rings is 2. The summed E-state index contributed by atoms with van der Waals surface area (Å²) in [5.41, 5.74) is 1.36. The third-order valence-corrected chi connectivity index (χ3v) is 2.67. The van der Waals surface area contributed by atoms with E-state index in [-0.39, 0.29) is 0 Å². The predicted octanol–water partition coefficient (Wildman–Crippen LogP) is 4.13. The highest BCUT2D eigenvalue weighted by Gasteiger charge is 2.04. The zero-order valence-corrected chi connectivity index (χ0v) is 8.40. The lowest BCUT2D eigenvalue weighted by Crippen LogP contribution is -1.89. The summed E-state index contributed by atoms with van der Waals surface area (Å²) in [6.45, 7) is 6.02. The lowest BCUT2D eigenvalue weighted by Gasteiger charge is -2.09. The molecule has 0 radical (unpaired) electrons. The van der Waals surface area contributed by atoms with Crippen LogP contribution in [0.5, 0.6) is 0 Å². The highest BCUT2D eigenvalue weighted by atomic mass is 14.1. The van der Waals surface area contributed by atoms with Crippen LogP contribution in [0.4, 0.5) is 0 Å². The number of rotatable bonds is 2. The summed E-state index contributed by atoms with van der Waals surface area (Å²) in [4.78, 5) is 0. The molecule has 0 N–H and O–H groups in total. The molecule has 0 fully saturated rings. The van der Waals surface area contributed by atoms with Crippen LogP contribution < -0.4 is 0 Å². The van der Waals surface area contributed by atoms with Gasteiger partial charge in [0.25, 0.3) is 0 Å². The van der Waals surface area contributed by atoms with Gasteiger partial charge >= 0.3 is 0 Å². The molecule has 0 bridgehead atoms. The molecule has 0 amide bonds. The van der Waals surface area contributed by atoms with Gasteiger partial charge in [0, 0.05) is 0 Å². The van der Waals surface area contributed by atoms with Gasteiger partial charge < -0.3 is 0 Å². The van der Waals surface area contributed by atoms with Gasteiger partial charge in [0.2, 0.25) is 0 Å². The Hall–Kier alpha value is -1.56. The maximum absolute atomic E-state index is 3.84. The van der Waals surface area contributed by atoms with Crippen LogP contribution in [-0.4, -0.2) is 0 Å². The second-order valence-electron chi connectivity index (χ2n) is 3.59. The summed E-state index contributed by atoms with van der Waals surface area (Å²) < 4.78 is 0. The molecule has 0 heteroatoms. The lowest BCUT2D eigenvalue weighted by atomic mass is 9.95. The first-order valence-corrected chi connectivity index (χ1v) is 4.93. The summed E-state index contributed by atoms with van der Waals surface area (Å²) in [5.74, 6) is 0.418. The molecule has 2 aromatic carbocycles. The Morgan fingerprint density at radius 3 is 2.57 bits per heavy atom. The van der Waals surface area contributed by atoms with Crippen molar-refractivity contribution in [1.82, 2.24) is 0 Å². The molecule has 0 nitrogen and oxygen atoms in total. The Morgan fingerprint density at radius 1 is 1.07 bits per heavy atom. The number of allylic oxidation sites excluding steroid dienone is 1. The van der Waals surface area contributed by atoms with Gasteiger partial charge in [0.15, 0.2) is 0 Å². The van der Waals surface area contributed by atoms with Crippen LogP contribution in [-0.2, 0) is 0 Å². The SMILES string of the molecule is C=C[C@@H](C)c1cccc2ccccc12. The van der Waals surface area contributed by atoms with E-state index >= 15 is 0 Å². The van der Waals surface area contributed by atoms with Crippen molar-refractivity contribution in [2.45, 2.75) is 12.8 Å². The van der Waals surface area contributed by atoms with Crippen molar-refractivity contribution in [3.8, 4) is 0 Å². The van der Waals surface area contributed by atoms with E-state index in [0.29, 0.717) is 5.92 Å². The van der Waals surface area contributed by atoms with Crippen molar-refractivity contribution in [3.05, 3.63) is 60.7 Å². The van der Waals surface area contributed by atoms with Crippen LogP contribution in [0.25, 0.3) is 10.8 Å². The highest BCUT2D eigenvalue weighted by Crippen LogP contribution is 2.25. The molecule has 1 atom stereocenters. The molecule has 14 heavy (non-hydrogen) atoms. The Morgan fingerprint density at radius 2 is 1.79 bits per heavy atom. The van der Waals surface area contributed by atoms with E-state index in [2.05, 4.69) is 56.0 Å². The van der Waals surface area contributed by atoms with Crippen molar-refractivity contribution in [2.24, 2.45) is 0 Å². The first-order valence-electron chi connectivity index (χ1n) is 4.93. The van der Waals surface area contributed by atoms with Crippen molar-refractivity contribution in [2.75, 3.05) is 0 Å². The molecule has 0 saturated heterocycles. The average molecular weight is 182 g/mol. The number of hydrogen-bond donors (Lipinski definition) is 0. The van der Waals surface area contributed by atoms with Crippen LogP contribution >= 0.6 is 0 Å². The van der Waals surface area contributed by atoms with Gasteiger partial charge in [-0.3, -0.25) is 0 Å². The van der Waals surface area contributed by atoms with Crippen molar-refractivity contribution in [1.29, 1.82) is 0 Å². The van der Waals surface area contributed by atoms with Crippen molar-refractivity contribution >= 4 is 10.8 Å². The van der Waals surface area contributed by atoms with Crippen LogP contribution in [0.1, 0.15) is 18.4 Å². The third-order valence-electron chi connectivity index (χ3n) is 2.67. The maximum Gasteiger partial charge on any atom is -0.000697 e. The molecule has 0 saturated carbocycles. The van der Waals surface area contributed by atoms with Gasteiger partial charge in [-0.05, 0) is 22.3 Å². The summed E-state index contributed by atoms with van der Waals surface area (Å²) in [6.07, 6.45) is 1.99. The quantitative estimate of drug-likeness (QED) is 0.612. The Balaban J connectivity index is 2.70. The van der Waals surface area contributed by atoms with Gasteiger partial charge in [-0.1, -0.05) is 55.5 Å².